The number of methoxy groups -OCH3 is 1. The molecule has 2 heteroatoms. The van der Waals surface area contributed by atoms with Crippen molar-refractivity contribution in [3.8, 4) is 5.75 Å². The first-order chi connectivity index (χ1) is 7.13. The lowest BCUT2D eigenvalue weighted by atomic mass is 9.82. The quantitative estimate of drug-likeness (QED) is 0.740. The average Bonchev–Trinajstić information content (AvgIpc) is 2.58. The van der Waals surface area contributed by atoms with Gasteiger partial charge in [-0.2, -0.15) is 0 Å². The van der Waals surface area contributed by atoms with Crippen LogP contribution in [0.4, 0.5) is 0 Å². The van der Waals surface area contributed by atoms with Gasteiger partial charge in [-0.25, -0.2) is 0 Å². The Morgan fingerprint density at radius 2 is 1.93 bits per heavy atom. The van der Waals surface area contributed by atoms with Gasteiger partial charge >= 0.3 is 0 Å². The Balaban J connectivity index is 2.22. The third kappa shape index (κ3) is 2.00. The fourth-order valence-corrected chi connectivity index (χ4v) is 2.12. The number of ether oxygens (including phenoxy) is 2. The molecule has 82 valence electrons. The standard InChI is InChI=1S/C13H18O2/c1-13(2)8-9-15-12(13)10-4-6-11(14-3)7-5-10/h4-7,12H,8-9H2,1-3H3. The molecular formula is C13H18O2. The molecule has 0 N–H and O–H groups in total. The minimum Gasteiger partial charge on any atom is -0.497 e. The minimum atomic E-state index is 0.225. The normalized spacial score (nSPS) is 24.1. The van der Waals surface area contributed by atoms with E-state index in [-0.39, 0.29) is 11.5 Å². The van der Waals surface area contributed by atoms with E-state index in [1.54, 1.807) is 7.11 Å². The zero-order valence-electron chi connectivity index (χ0n) is 9.62. The minimum absolute atomic E-state index is 0.225. The summed E-state index contributed by atoms with van der Waals surface area (Å²) in [5.74, 6) is 0.898. The SMILES string of the molecule is COc1ccc(C2OCCC2(C)C)cc1. The molecule has 1 aromatic carbocycles. The van der Waals surface area contributed by atoms with Crippen molar-refractivity contribution < 1.29 is 9.47 Å². The molecule has 2 nitrogen and oxygen atoms in total. The predicted octanol–water partition coefficient (Wildman–Crippen LogP) is 3.18. The highest BCUT2D eigenvalue weighted by atomic mass is 16.5. The Morgan fingerprint density at radius 1 is 1.27 bits per heavy atom. The summed E-state index contributed by atoms with van der Waals surface area (Å²) < 4.78 is 10.9. The van der Waals surface area contributed by atoms with Crippen molar-refractivity contribution in [2.45, 2.75) is 26.4 Å². The molecule has 0 saturated carbocycles. The first-order valence-electron chi connectivity index (χ1n) is 5.39. The van der Waals surface area contributed by atoms with Gasteiger partial charge in [-0.1, -0.05) is 26.0 Å². The van der Waals surface area contributed by atoms with Crippen molar-refractivity contribution in [1.29, 1.82) is 0 Å². The summed E-state index contributed by atoms with van der Waals surface area (Å²) in [5.41, 5.74) is 1.49. The molecule has 0 aromatic heterocycles. The van der Waals surface area contributed by atoms with Gasteiger partial charge in [-0.05, 0) is 29.5 Å². The highest BCUT2D eigenvalue weighted by molar-refractivity contribution is 5.29. The molecule has 0 radical (unpaired) electrons. The van der Waals surface area contributed by atoms with Crippen molar-refractivity contribution >= 4 is 0 Å². The Hall–Kier alpha value is -1.02. The second kappa shape index (κ2) is 3.86. The number of benzene rings is 1. The first kappa shape index (κ1) is 10.5. The van der Waals surface area contributed by atoms with Crippen molar-refractivity contribution in [3.63, 3.8) is 0 Å². The zero-order valence-corrected chi connectivity index (χ0v) is 9.62. The Labute approximate surface area is 91.2 Å². The van der Waals surface area contributed by atoms with Crippen LogP contribution in [0.15, 0.2) is 24.3 Å². The average molecular weight is 206 g/mol. The molecule has 1 aliphatic rings. The van der Waals surface area contributed by atoms with Crippen molar-refractivity contribution in [2.75, 3.05) is 13.7 Å². The van der Waals surface area contributed by atoms with E-state index in [1.807, 2.05) is 12.1 Å². The fraction of sp³-hybridized carbons (Fsp3) is 0.538. The number of rotatable bonds is 2. The van der Waals surface area contributed by atoms with Crippen LogP contribution in [0.1, 0.15) is 31.9 Å². The Bertz CT molecular complexity index is 327. The summed E-state index contributed by atoms with van der Waals surface area (Å²) in [5, 5.41) is 0. The van der Waals surface area contributed by atoms with Crippen molar-refractivity contribution in [1.82, 2.24) is 0 Å². The van der Waals surface area contributed by atoms with Crippen LogP contribution in [0, 0.1) is 5.41 Å². The van der Waals surface area contributed by atoms with E-state index >= 15 is 0 Å². The molecule has 15 heavy (non-hydrogen) atoms. The predicted molar refractivity (Wildman–Crippen MR) is 60.1 cm³/mol. The fourth-order valence-electron chi connectivity index (χ4n) is 2.12. The van der Waals surface area contributed by atoms with Gasteiger partial charge in [0.25, 0.3) is 0 Å². The second-order valence-corrected chi connectivity index (χ2v) is 4.76. The molecule has 1 saturated heterocycles. The maximum Gasteiger partial charge on any atom is 0.118 e. The van der Waals surface area contributed by atoms with Gasteiger partial charge in [0, 0.05) is 6.61 Å². The van der Waals surface area contributed by atoms with Gasteiger partial charge in [0.05, 0.1) is 13.2 Å². The highest BCUT2D eigenvalue weighted by Crippen LogP contribution is 2.44. The van der Waals surface area contributed by atoms with E-state index in [4.69, 9.17) is 9.47 Å². The second-order valence-electron chi connectivity index (χ2n) is 4.76. The van der Waals surface area contributed by atoms with E-state index in [9.17, 15) is 0 Å². The molecule has 0 bridgehead atoms. The summed E-state index contributed by atoms with van der Waals surface area (Å²) in [6.45, 7) is 5.38. The van der Waals surface area contributed by atoms with Crippen LogP contribution in [-0.4, -0.2) is 13.7 Å². The van der Waals surface area contributed by atoms with Gasteiger partial charge in [0.15, 0.2) is 0 Å². The van der Waals surface area contributed by atoms with Crippen LogP contribution in [0.25, 0.3) is 0 Å². The van der Waals surface area contributed by atoms with E-state index in [2.05, 4.69) is 26.0 Å². The molecule has 1 heterocycles. The van der Waals surface area contributed by atoms with Crippen LogP contribution < -0.4 is 4.74 Å². The largest absolute Gasteiger partial charge is 0.497 e. The summed E-state index contributed by atoms with van der Waals surface area (Å²) >= 11 is 0. The van der Waals surface area contributed by atoms with E-state index in [1.165, 1.54) is 5.56 Å². The smallest absolute Gasteiger partial charge is 0.118 e. The lowest BCUT2D eigenvalue weighted by molar-refractivity contribution is 0.0636. The Kier molecular flexibility index (Phi) is 2.70. The van der Waals surface area contributed by atoms with Crippen LogP contribution in [0.2, 0.25) is 0 Å². The molecule has 0 spiro atoms. The van der Waals surface area contributed by atoms with Crippen LogP contribution in [0.3, 0.4) is 0 Å². The lowest BCUT2D eigenvalue weighted by Crippen LogP contribution is -2.16. The molecule has 1 atom stereocenters. The molecule has 1 unspecified atom stereocenters. The maximum absolute atomic E-state index is 5.79. The molecule has 1 aromatic rings. The van der Waals surface area contributed by atoms with Gasteiger partial charge in [0.1, 0.15) is 5.75 Å². The summed E-state index contributed by atoms with van der Waals surface area (Å²) in [6.07, 6.45) is 1.35. The van der Waals surface area contributed by atoms with Gasteiger partial charge < -0.3 is 9.47 Å². The number of hydrogen-bond acceptors (Lipinski definition) is 2. The van der Waals surface area contributed by atoms with E-state index < -0.39 is 0 Å². The monoisotopic (exact) mass is 206 g/mol. The van der Waals surface area contributed by atoms with E-state index in [0.29, 0.717) is 0 Å². The summed E-state index contributed by atoms with van der Waals surface area (Å²) in [7, 11) is 1.69. The van der Waals surface area contributed by atoms with Crippen molar-refractivity contribution in [2.24, 2.45) is 5.41 Å². The molecular weight excluding hydrogens is 188 g/mol. The third-order valence-electron chi connectivity index (χ3n) is 3.16. The topological polar surface area (TPSA) is 18.5 Å². The Morgan fingerprint density at radius 3 is 2.40 bits per heavy atom. The zero-order chi connectivity index (χ0) is 10.9. The summed E-state index contributed by atoms with van der Waals surface area (Å²) in [6, 6.07) is 8.17. The molecule has 0 amide bonds. The van der Waals surface area contributed by atoms with Crippen LogP contribution in [-0.2, 0) is 4.74 Å². The van der Waals surface area contributed by atoms with Gasteiger partial charge in [-0.15, -0.1) is 0 Å². The highest BCUT2D eigenvalue weighted by Gasteiger charge is 2.36. The van der Waals surface area contributed by atoms with Crippen molar-refractivity contribution in [3.05, 3.63) is 29.8 Å². The molecule has 2 rings (SSSR count). The maximum atomic E-state index is 5.79. The van der Waals surface area contributed by atoms with Crippen LogP contribution in [0.5, 0.6) is 5.75 Å². The van der Waals surface area contributed by atoms with E-state index in [0.717, 1.165) is 18.8 Å². The molecule has 0 aliphatic carbocycles. The lowest BCUT2D eigenvalue weighted by Gasteiger charge is -2.25. The molecule has 1 aliphatic heterocycles. The first-order valence-corrected chi connectivity index (χ1v) is 5.39. The number of hydrogen-bond donors (Lipinski definition) is 0. The summed E-state index contributed by atoms with van der Waals surface area (Å²) in [4.78, 5) is 0. The van der Waals surface area contributed by atoms with Gasteiger partial charge in [-0.3, -0.25) is 0 Å². The molecule has 1 fully saturated rings. The third-order valence-corrected chi connectivity index (χ3v) is 3.16. The van der Waals surface area contributed by atoms with Crippen LogP contribution >= 0.6 is 0 Å². The van der Waals surface area contributed by atoms with Gasteiger partial charge in [0.2, 0.25) is 0 Å².